The molecular formula is C27H34ClN3O3. The zero-order chi connectivity index (χ0) is 24.1. The van der Waals surface area contributed by atoms with E-state index in [4.69, 9.17) is 16.3 Å². The number of amides is 2. The van der Waals surface area contributed by atoms with Crippen LogP contribution in [0.1, 0.15) is 44.2 Å². The quantitative estimate of drug-likeness (QED) is 0.569. The number of methoxy groups -OCH3 is 1. The SMILES string of the molecule is CCCCN1C(=O)CCC(C(=O)N2CCN(c3cccc(Cl)c3)CC2)C1c1ccccc1OC. The fourth-order valence-corrected chi connectivity index (χ4v) is 5.38. The number of unbranched alkanes of at least 4 members (excludes halogenated alkanes) is 1. The van der Waals surface area contributed by atoms with Crippen LogP contribution in [0, 0.1) is 5.92 Å². The molecule has 7 heteroatoms. The number of benzene rings is 2. The molecule has 34 heavy (non-hydrogen) atoms. The van der Waals surface area contributed by atoms with Crippen molar-refractivity contribution in [2.24, 2.45) is 5.92 Å². The molecule has 2 unspecified atom stereocenters. The maximum Gasteiger partial charge on any atom is 0.228 e. The summed E-state index contributed by atoms with van der Waals surface area (Å²) in [5.74, 6) is 0.714. The molecule has 4 rings (SSSR count). The molecule has 2 aliphatic rings. The number of likely N-dealkylation sites (tertiary alicyclic amines) is 1. The summed E-state index contributed by atoms with van der Waals surface area (Å²) >= 11 is 6.17. The van der Waals surface area contributed by atoms with Gasteiger partial charge >= 0.3 is 0 Å². The van der Waals surface area contributed by atoms with Gasteiger partial charge in [-0.25, -0.2) is 0 Å². The Kier molecular flexibility index (Phi) is 7.99. The zero-order valence-electron chi connectivity index (χ0n) is 20.1. The largest absolute Gasteiger partial charge is 0.496 e. The molecule has 2 amide bonds. The number of piperazine rings is 1. The van der Waals surface area contributed by atoms with E-state index in [1.165, 1.54) is 0 Å². The third-order valence-electron chi connectivity index (χ3n) is 7.00. The number of hydrogen-bond acceptors (Lipinski definition) is 4. The van der Waals surface area contributed by atoms with Gasteiger partial charge in [-0.1, -0.05) is 49.2 Å². The van der Waals surface area contributed by atoms with Crippen molar-refractivity contribution in [3.05, 3.63) is 59.1 Å². The van der Waals surface area contributed by atoms with Gasteiger partial charge in [0.2, 0.25) is 11.8 Å². The Morgan fingerprint density at radius 3 is 2.56 bits per heavy atom. The maximum absolute atomic E-state index is 13.9. The Bertz CT molecular complexity index is 1010. The summed E-state index contributed by atoms with van der Waals surface area (Å²) in [4.78, 5) is 33.0. The molecule has 2 aromatic carbocycles. The number of anilines is 1. The van der Waals surface area contributed by atoms with E-state index in [2.05, 4.69) is 17.9 Å². The fourth-order valence-electron chi connectivity index (χ4n) is 5.19. The fraction of sp³-hybridized carbons (Fsp3) is 0.481. The Morgan fingerprint density at radius 2 is 1.85 bits per heavy atom. The lowest BCUT2D eigenvalue weighted by Gasteiger charge is -2.44. The van der Waals surface area contributed by atoms with Gasteiger partial charge in [0, 0.05) is 55.4 Å². The Balaban J connectivity index is 1.55. The molecule has 2 aromatic rings. The lowest BCUT2D eigenvalue weighted by molar-refractivity contribution is -0.148. The molecule has 6 nitrogen and oxygen atoms in total. The first-order chi connectivity index (χ1) is 16.5. The van der Waals surface area contributed by atoms with E-state index in [9.17, 15) is 9.59 Å². The van der Waals surface area contributed by atoms with Gasteiger partial charge in [0.1, 0.15) is 5.75 Å². The van der Waals surface area contributed by atoms with E-state index in [0.29, 0.717) is 32.5 Å². The summed E-state index contributed by atoms with van der Waals surface area (Å²) in [7, 11) is 1.64. The second-order valence-corrected chi connectivity index (χ2v) is 9.50. The van der Waals surface area contributed by atoms with Crippen molar-refractivity contribution < 1.29 is 14.3 Å². The van der Waals surface area contributed by atoms with Crippen molar-refractivity contribution in [2.75, 3.05) is 44.7 Å². The van der Waals surface area contributed by atoms with Crippen molar-refractivity contribution in [2.45, 2.75) is 38.6 Å². The van der Waals surface area contributed by atoms with Gasteiger partial charge in [0.25, 0.3) is 0 Å². The van der Waals surface area contributed by atoms with Crippen molar-refractivity contribution in [1.82, 2.24) is 9.80 Å². The van der Waals surface area contributed by atoms with E-state index >= 15 is 0 Å². The highest BCUT2D eigenvalue weighted by atomic mass is 35.5. The second-order valence-electron chi connectivity index (χ2n) is 9.06. The van der Waals surface area contributed by atoms with E-state index in [0.717, 1.165) is 48.0 Å². The van der Waals surface area contributed by atoms with Gasteiger partial charge < -0.3 is 19.4 Å². The van der Waals surface area contributed by atoms with Gasteiger partial charge in [0.15, 0.2) is 0 Å². The molecule has 2 atom stereocenters. The summed E-state index contributed by atoms with van der Waals surface area (Å²) in [6.45, 7) is 5.61. The minimum Gasteiger partial charge on any atom is -0.496 e. The van der Waals surface area contributed by atoms with Crippen LogP contribution in [0.15, 0.2) is 48.5 Å². The average Bonchev–Trinajstić information content (AvgIpc) is 2.87. The predicted octanol–water partition coefficient (Wildman–Crippen LogP) is 4.78. The summed E-state index contributed by atoms with van der Waals surface area (Å²) < 4.78 is 5.65. The van der Waals surface area contributed by atoms with Crippen molar-refractivity contribution in [3.8, 4) is 5.75 Å². The Hall–Kier alpha value is -2.73. The Morgan fingerprint density at radius 1 is 1.09 bits per heavy atom. The molecule has 2 fully saturated rings. The van der Waals surface area contributed by atoms with Gasteiger partial charge in [-0.2, -0.15) is 0 Å². The van der Waals surface area contributed by atoms with E-state index in [1.807, 2.05) is 52.3 Å². The average molecular weight is 484 g/mol. The summed E-state index contributed by atoms with van der Waals surface area (Å²) in [6, 6.07) is 15.3. The molecular weight excluding hydrogens is 450 g/mol. The van der Waals surface area contributed by atoms with Crippen LogP contribution >= 0.6 is 11.6 Å². The molecule has 0 saturated carbocycles. The zero-order valence-corrected chi connectivity index (χ0v) is 20.8. The van der Waals surface area contributed by atoms with Gasteiger partial charge in [0.05, 0.1) is 19.1 Å². The highest BCUT2D eigenvalue weighted by Gasteiger charge is 2.43. The number of hydrogen-bond donors (Lipinski definition) is 0. The molecule has 0 aliphatic carbocycles. The summed E-state index contributed by atoms with van der Waals surface area (Å²) in [5, 5.41) is 0.717. The summed E-state index contributed by atoms with van der Waals surface area (Å²) in [6.07, 6.45) is 2.88. The second kappa shape index (κ2) is 11.1. The molecule has 0 radical (unpaired) electrons. The normalized spacial score (nSPS) is 21.0. The molecule has 2 aliphatic heterocycles. The van der Waals surface area contributed by atoms with Crippen LogP contribution in [-0.2, 0) is 9.59 Å². The number of ether oxygens (including phenoxy) is 1. The number of carbonyl (C=O) groups is 2. The first-order valence-corrected chi connectivity index (χ1v) is 12.6. The van der Waals surface area contributed by atoms with E-state index in [1.54, 1.807) is 7.11 Å². The maximum atomic E-state index is 13.9. The topological polar surface area (TPSA) is 53.1 Å². The number of nitrogens with zero attached hydrogens (tertiary/aromatic N) is 3. The molecule has 2 heterocycles. The number of rotatable bonds is 7. The Labute approximate surface area is 207 Å². The minimum atomic E-state index is -0.303. The van der Waals surface area contributed by atoms with E-state index < -0.39 is 0 Å². The monoisotopic (exact) mass is 483 g/mol. The van der Waals surface area contributed by atoms with Crippen molar-refractivity contribution in [1.29, 1.82) is 0 Å². The molecule has 2 saturated heterocycles. The van der Waals surface area contributed by atoms with Gasteiger partial charge in [-0.15, -0.1) is 0 Å². The molecule has 182 valence electrons. The number of halogens is 1. The molecule has 0 N–H and O–H groups in total. The molecule has 0 bridgehead atoms. The third kappa shape index (κ3) is 5.17. The first-order valence-electron chi connectivity index (χ1n) is 12.2. The van der Waals surface area contributed by atoms with Crippen LogP contribution in [0.4, 0.5) is 5.69 Å². The van der Waals surface area contributed by atoms with Crippen LogP contribution in [-0.4, -0.2) is 61.4 Å². The van der Waals surface area contributed by atoms with Crippen LogP contribution in [0.5, 0.6) is 5.75 Å². The van der Waals surface area contributed by atoms with Gasteiger partial charge in [-0.05, 0) is 37.1 Å². The molecule has 0 aromatic heterocycles. The third-order valence-corrected chi connectivity index (χ3v) is 7.23. The van der Waals surface area contributed by atoms with Crippen LogP contribution < -0.4 is 9.64 Å². The minimum absolute atomic E-state index is 0.124. The van der Waals surface area contributed by atoms with E-state index in [-0.39, 0.29) is 23.8 Å². The number of para-hydroxylation sites is 1. The molecule has 0 spiro atoms. The highest BCUT2D eigenvalue weighted by Crippen LogP contribution is 2.41. The lowest BCUT2D eigenvalue weighted by atomic mass is 9.82. The van der Waals surface area contributed by atoms with Crippen molar-refractivity contribution >= 4 is 29.1 Å². The van der Waals surface area contributed by atoms with Crippen LogP contribution in [0.25, 0.3) is 0 Å². The predicted molar refractivity (Wildman–Crippen MR) is 135 cm³/mol. The standard InChI is InChI=1S/C27H34ClN3O3/c1-3-4-14-31-25(32)13-12-23(26(31)22-10-5-6-11-24(22)34-2)27(33)30-17-15-29(16-18-30)21-9-7-8-20(28)19-21/h5-11,19,23,26H,3-4,12-18H2,1-2H3. The number of piperidine rings is 1. The summed E-state index contributed by atoms with van der Waals surface area (Å²) in [5.41, 5.74) is 2.01. The first kappa shape index (κ1) is 24.4. The van der Waals surface area contributed by atoms with Crippen LogP contribution in [0.2, 0.25) is 5.02 Å². The highest BCUT2D eigenvalue weighted by molar-refractivity contribution is 6.30. The number of carbonyl (C=O) groups excluding carboxylic acids is 2. The lowest BCUT2D eigenvalue weighted by Crippen LogP contribution is -2.54. The van der Waals surface area contributed by atoms with Crippen molar-refractivity contribution in [3.63, 3.8) is 0 Å². The van der Waals surface area contributed by atoms with Crippen LogP contribution in [0.3, 0.4) is 0 Å². The smallest absolute Gasteiger partial charge is 0.228 e. The van der Waals surface area contributed by atoms with Gasteiger partial charge in [-0.3, -0.25) is 9.59 Å².